The third-order valence-corrected chi connectivity index (χ3v) is 5.68. The van der Waals surface area contributed by atoms with E-state index in [1.54, 1.807) is 51.5 Å². The summed E-state index contributed by atoms with van der Waals surface area (Å²) in [5, 5.41) is 0. The van der Waals surface area contributed by atoms with E-state index < -0.39 is 11.2 Å². The van der Waals surface area contributed by atoms with E-state index >= 15 is 0 Å². The third kappa shape index (κ3) is 3.89. The molecule has 2 aromatic carbocycles. The van der Waals surface area contributed by atoms with Crippen molar-refractivity contribution in [2.75, 3.05) is 14.2 Å². The standard InChI is InChI=1S/C25H24N2O5/c1-16-4-13-21(28)23-22(16)24(29)27(15-18-7-11-20(32-3)12-8-18)25(30)26(23)14-17-5-9-19(31-2)10-6-17/h4-12H,13-15H2,1-3H3. The predicted molar refractivity (Wildman–Crippen MR) is 122 cm³/mol. The van der Waals surface area contributed by atoms with Gasteiger partial charge in [-0.1, -0.05) is 30.3 Å². The molecule has 0 saturated carbocycles. The first-order chi connectivity index (χ1) is 15.4. The first-order valence-corrected chi connectivity index (χ1v) is 10.3. The van der Waals surface area contributed by atoms with Gasteiger partial charge in [0.2, 0.25) is 0 Å². The molecule has 0 bridgehead atoms. The van der Waals surface area contributed by atoms with Gasteiger partial charge in [-0.2, -0.15) is 0 Å². The molecule has 0 saturated heterocycles. The molecule has 32 heavy (non-hydrogen) atoms. The number of hydrogen-bond acceptors (Lipinski definition) is 5. The minimum absolute atomic E-state index is 0.0963. The largest absolute Gasteiger partial charge is 0.497 e. The topological polar surface area (TPSA) is 79.5 Å². The number of carbonyl (C=O) groups excluding carboxylic acids is 1. The summed E-state index contributed by atoms with van der Waals surface area (Å²) in [5.41, 5.74) is 1.83. The van der Waals surface area contributed by atoms with Crippen molar-refractivity contribution in [3.05, 3.63) is 97.8 Å². The van der Waals surface area contributed by atoms with Gasteiger partial charge in [0, 0.05) is 6.42 Å². The number of allylic oxidation sites excluding steroid dienone is 2. The normalized spacial score (nSPS) is 12.8. The van der Waals surface area contributed by atoms with Crippen LogP contribution in [0.15, 0.2) is 64.2 Å². The summed E-state index contributed by atoms with van der Waals surface area (Å²) in [6, 6.07) is 14.5. The average molecular weight is 432 g/mol. The molecule has 0 atom stereocenters. The van der Waals surface area contributed by atoms with E-state index in [1.807, 2.05) is 24.3 Å². The van der Waals surface area contributed by atoms with Gasteiger partial charge in [0.1, 0.15) is 17.2 Å². The van der Waals surface area contributed by atoms with E-state index in [0.717, 1.165) is 11.1 Å². The Kier molecular flexibility index (Phi) is 5.81. The van der Waals surface area contributed by atoms with Crippen LogP contribution >= 0.6 is 0 Å². The van der Waals surface area contributed by atoms with Crippen LogP contribution in [0.5, 0.6) is 11.5 Å². The van der Waals surface area contributed by atoms with E-state index in [4.69, 9.17) is 9.47 Å². The summed E-state index contributed by atoms with van der Waals surface area (Å²) < 4.78 is 13.0. The monoisotopic (exact) mass is 432 g/mol. The molecule has 1 aromatic heterocycles. The number of aromatic nitrogens is 2. The van der Waals surface area contributed by atoms with Crippen LogP contribution in [-0.2, 0) is 13.1 Å². The molecule has 1 aliphatic rings. The van der Waals surface area contributed by atoms with Crippen molar-refractivity contribution in [3.8, 4) is 11.5 Å². The third-order valence-electron chi connectivity index (χ3n) is 5.68. The zero-order valence-electron chi connectivity index (χ0n) is 18.3. The minimum Gasteiger partial charge on any atom is -0.497 e. The minimum atomic E-state index is -0.511. The van der Waals surface area contributed by atoms with E-state index in [9.17, 15) is 14.4 Å². The number of benzene rings is 2. The Morgan fingerprint density at radius 3 is 1.78 bits per heavy atom. The van der Waals surface area contributed by atoms with Crippen molar-refractivity contribution in [2.24, 2.45) is 0 Å². The molecule has 4 rings (SSSR count). The number of carbonyl (C=O) groups is 1. The zero-order valence-corrected chi connectivity index (χ0v) is 18.3. The second-order valence-electron chi connectivity index (χ2n) is 7.69. The Labute approximate surface area is 185 Å². The van der Waals surface area contributed by atoms with Gasteiger partial charge >= 0.3 is 5.69 Å². The smallest absolute Gasteiger partial charge is 0.332 e. The van der Waals surface area contributed by atoms with Crippen molar-refractivity contribution in [1.29, 1.82) is 0 Å². The molecule has 0 radical (unpaired) electrons. The van der Waals surface area contributed by atoms with Crippen LogP contribution < -0.4 is 20.7 Å². The van der Waals surface area contributed by atoms with Crippen LogP contribution in [0.3, 0.4) is 0 Å². The molecule has 7 nitrogen and oxygen atoms in total. The van der Waals surface area contributed by atoms with Gasteiger partial charge in [-0.25, -0.2) is 4.79 Å². The Hall–Kier alpha value is -3.87. The van der Waals surface area contributed by atoms with Gasteiger partial charge in [-0.15, -0.1) is 0 Å². The molecule has 0 N–H and O–H groups in total. The number of ketones is 1. The Morgan fingerprint density at radius 1 is 0.781 bits per heavy atom. The zero-order chi connectivity index (χ0) is 22.8. The van der Waals surface area contributed by atoms with Crippen LogP contribution in [0.1, 0.15) is 40.5 Å². The van der Waals surface area contributed by atoms with Crippen LogP contribution in [0.2, 0.25) is 0 Å². The molecular weight excluding hydrogens is 408 g/mol. The maximum absolute atomic E-state index is 13.5. The van der Waals surface area contributed by atoms with Gasteiger partial charge in [-0.05, 0) is 47.9 Å². The SMILES string of the molecule is COc1ccc(Cn2c3c(c(=O)n(Cc4ccc(OC)cc4)c2=O)C(C)=CCC3=O)cc1. The second kappa shape index (κ2) is 8.70. The molecule has 164 valence electrons. The van der Waals surface area contributed by atoms with E-state index in [-0.39, 0.29) is 31.0 Å². The maximum atomic E-state index is 13.5. The molecule has 0 aliphatic heterocycles. The lowest BCUT2D eigenvalue weighted by atomic mass is 9.95. The fourth-order valence-corrected chi connectivity index (χ4v) is 3.90. The first kappa shape index (κ1) is 21.4. The fourth-order valence-electron chi connectivity index (χ4n) is 3.90. The van der Waals surface area contributed by atoms with Crippen molar-refractivity contribution in [1.82, 2.24) is 9.13 Å². The van der Waals surface area contributed by atoms with Crippen LogP contribution in [0, 0.1) is 0 Å². The molecule has 0 unspecified atom stereocenters. The second-order valence-corrected chi connectivity index (χ2v) is 7.69. The lowest BCUT2D eigenvalue weighted by Gasteiger charge is -2.21. The highest BCUT2D eigenvalue weighted by Crippen LogP contribution is 2.23. The highest BCUT2D eigenvalue weighted by molar-refractivity contribution is 6.03. The van der Waals surface area contributed by atoms with E-state index in [0.29, 0.717) is 22.6 Å². The number of nitrogens with zero attached hydrogens (tertiary/aromatic N) is 2. The highest BCUT2D eigenvalue weighted by Gasteiger charge is 2.27. The molecule has 1 heterocycles. The summed E-state index contributed by atoms with van der Waals surface area (Å²) in [7, 11) is 3.16. The maximum Gasteiger partial charge on any atom is 0.332 e. The fraction of sp³-hybridized carbons (Fsp3) is 0.240. The summed E-state index contributed by atoms with van der Waals surface area (Å²) in [4.78, 5) is 39.6. The Bertz CT molecular complexity index is 1310. The molecular formula is C25H24N2O5. The number of Topliss-reactive ketones (excluding diaryl/α,β-unsaturated/α-hetero) is 1. The van der Waals surface area contributed by atoms with Crippen molar-refractivity contribution in [3.63, 3.8) is 0 Å². The highest BCUT2D eigenvalue weighted by atomic mass is 16.5. The van der Waals surface area contributed by atoms with Crippen molar-refractivity contribution < 1.29 is 14.3 Å². The van der Waals surface area contributed by atoms with Gasteiger partial charge in [0.15, 0.2) is 5.78 Å². The van der Waals surface area contributed by atoms with Gasteiger partial charge in [0.05, 0.1) is 32.9 Å². The number of methoxy groups -OCH3 is 2. The number of hydrogen-bond donors (Lipinski definition) is 0. The van der Waals surface area contributed by atoms with Gasteiger partial charge in [0.25, 0.3) is 5.56 Å². The molecule has 1 aliphatic carbocycles. The lowest BCUT2D eigenvalue weighted by Crippen LogP contribution is -2.45. The Morgan fingerprint density at radius 2 is 1.28 bits per heavy atom. The van der Waals surface area contributed by atoms with E-state index in [1.165, 1.54) is 9.13 Å². The van der Waals surface area contributed by atoms with Gasteiger partial charge in [-0.3, -0.25) is 18.7 Å². The summed E-state index contributed by atoms with van der Waals surface area (Å²) >= 11 is 0. The molecule has 0 fully saturated rings. The molecule has 3 aromatic rings. The average Bonchev–Trinajstić information content (AvgIpc) is 2.81. The Balaban J connectivity index is 1.87. The van der Waals surface area contributed by atoms with Crippen LogP contribution in [0.25, 0.3) is 5.57 Å². The number of rotatable bonds is 6. The molecule has 7 heteroatoms. The quantitative estimate of drug-likeness (QED) is 0.598. The van der Waals surface area contributed by atoms with Crippen LogP contribution in [0.4, 0.5) is 0 Å². The van der Waals surface area contributed by atoms with Crippen molar-refractivity contribution >= 4 is 11.4 Å². The number of fused-ring (bicyclic) bond motifs is 1. The van der Waals surface area contributed by atoms with Crippen molar-refractivity contribution in [2.45, 2.75) is 26.4 Å². The summed E-state index contributed by atoms with van der Waals surface area (Å²) in [6.45, 7) is 2.07. The van der Waals surface area contributed by atoms with Crippen LogP contribution in [-0.4, -0.2) is 29.1 Å². The lowest BCUT2D eigenvalue weighted by molar-refractivity contribution is 0.0983. The van der Waals surface area contributed by atoms with E-state index in [2.05, 4.69) is 0 Å². The summed E-state index contributed by atoms with van der Waals surface area (Å²) in [5.74, 6) is 1.15. The number of ether oxygens (including phenoxy) is 2. The molecule has 0 amide bonds. The molecule has 0 spiro atoms. The summed E-state index contributed by atoms with van der Waals surface area (Å²) in [6.07, 6.45) is 1.91. The van der Waals surface area contributed by atoms with Gasteiger partial charge < -0.3 is 9.47 Å². The predicted octanol–water partition coefficient (Wildman–Crippen LogP) is 3.11. The first-order valence-electron chi connectivity index (χ1n) is 10.3.